The highest BCUT2D eigenvalue weighted by molar-refractivity contribution is 6.08. The van der Waals surface area contributed by atoms with Crippen LogP contribution in [0.4, 0.5) is 15.8 Å². The maximum atomic E-state index is 14.7. The van der Waals surface area contributed by atoms with Crippen LogP contribution in [-0.2, 0) is 16.1 Å². The first-order valence-electron chi connectivity index (χ1n) is 14.2. The molecule has 6 rings (SSSR count). The first-order chi connectivity index (χ1) is 20.8. The second-order valence-corrected chi connectivity index (χ2v) is 11.1. The van der Waals surface area contributed by atoms with Crippen molar-refractivity contribution in [2.45, 2.75) is 57.2 Å². The zero-order valence-corrected chi connectivity index (χ0v) is 23.8. The second kappa shape index (κ2) is 11.9. The molecule has 4 aromatic rings. The number of alkyl halides is 1. The summed E-state index contributed by atoms with van der Waals surface area (Å²) in [5.74, 6) is -1.02. The van der Waals surface area contributed by atoms with Gasteiger partial charge in [0.05, 0.1) is 24.6 Å². The Labute approximate surface area is 247 Å². The number of ketones is 1. The van der Waals surface area contributed by atoms with Crippen LogP contribution < -0.4 is 21.5 Å². The van der Waals surface area contributed by atoms with Gasteiger partial charge < -0.3 is 20.1 Å². The van der Waals surface area contributed by atoms with Crippen LogP contribution in [0.2, 0.25) is 0 Å². The average molecular weight is 585 g/mol. The van der Waals surface area contributed by atoms with Gasteiger partial charge in [-0.3, -0.25) is 19.8 Å². The average Bonchev–Trinajstić information content (AvgIpc) is 3.68. The lowest BCUT2D eigenvalue weighted by molar-refractivity contribution is -0.139. The first kappa shape index (κ1) is 28.4. The minimum absolute atomic E-state index is 0.0390. The topological polar surface area (TPSA) is 133 Å². The molecule has 0 saturated carbocycles. The normalized spacial score (nSPS) is 23.4. The summed E-state index contributed by atoms with van der Waals surface area (Å²) < 4.78 is 16.4. The molecule has 4 heterocycles. The first-order valence-corrected chi connectivity index (χ1v) is 14.2. The number of benzene rings is 2. The van der Waals surface area contributed by atoms with Crippen LogP contribution in [0.15, 0.2) is 73.4 Å². The third-order valence-electron chi connectivity index (χ3n) is 8.13. The number of nitrogens with zero attached hydrogens (tertiary/aromatic N) is 4. The molecule has 2 saturated heterocycles. The zero-order valence-electron chi connectivity index (χ0n) is 23.8. The number of halogens is 1. The molecular formula is C31H33FN8O3. The van der Waals surface area contributed by atoms with Crippen molar-refractivity contribution in [2.75, 3.05) is 11.9 Å². The molecule has 2 aromatic carbocycles. The maximum absolute atomic E-state index is 14.7. The number of carbonyl (C=O) groups excluding carboxylic acids is 3. The number of anilines is 2. The Morgan fingerprint density at radius 3 is 2.56 bits per heavy atom. The highest BCUT2D eigenvalue weighted by Crippen LogP contribution is 2.29. The van der Waals surface area contributed by atoms with Crippen LogP contribution in [-0.4, -0.2) is 68.0 Å². The SMILES string of the molecule is CC(=O)c1cn(CC(=O)N2C[C@H](F)C[C@H]2C(=O)NC2NNC(C)C2c2ccccc2)c2ccc(Nc3cncnc3)cc12. The lowest BCUT2D eigenvalue weighted by Crippen LogP contribution is -2.53. The molecule has 0 radical (unpaired) electrons. The number of nitrogens with one attached hydrogen (secondary N) is 4. The highest BCUT2D eigenvalue weighted by Gasteiger charge is 2.42. The molecule has 222 valence electrons. The molecule has 5 atom stereocenters. The van der Waals surface area contributed by atoms with E-state index in [2.05, 4.69) is 31.5 Å². The smallest absolute Gasteiger partial charge is 0.244 e. The van der Waals surface area contributed by atoms with E-state index in [-0.39, 0.29) is 37.3 Å². The zero-order chi connectivity index (χ0) is 30.1. The Morgan fingerprint density at radius 1 is 1.05 bits per heavy atom. The summed E-state index contributed by atoms with van der Waals surface area (Å²) in [6.07, 6.45) is 4.51. The van der Waals surface area contributed by atoms with E-state index in [4.69, 9.17) is 0 Å². The molecule has 2 aliphatic rings. The molecule has 0 spiro atoms. The Morgan fingerprint density at radius 2 is 1.81 bits per heavy atom. The molecular weight excluding hydrogens is 551 g/mol. The van der Waals surface area contributed by atoms with Gasteiger partial charge in [-0.05, 0) is 37.6 Å². The van der Waals surface area contributed by atoms with Gasteiger partial charge in [-0.1, -0.05) is 30.3 Å². The van der Waals surface area contributed by atoms with Gasteiger partial charge in [-0.2, -0.15) is 0 Å². The van der Waals surface area contributed by atoms with Gasteiger partial charge in [-0.15, -0.1) is 0 Å². The van der Waals surface area contributed by atoms with E-state index in [0.717, 1.165) is 11.3 Å². The maximum Gasteiger partial charge on any atom is 0.244 e. The Bertz CT molecular complexity index is 1650. The van der Waals surface area contributed by atoms with E-state index in [1.165, 1.54) is 18.2 Å². The van der Waals surface area contributed by atoms with Gasteiger partial charge in [0.2, 0.25) is 11.8 Å². The van der Waals surface area contributed by atoms with E-state index in [9.17, 15) is 18.8 Å². The van der Waals surface area contributed by atoms with Gasteiger partial charge in [-0.25, -0.2) is 19.8 Å². The molecule has 12 heteroatoms. The second-order valence-electron chi connectivity index (χ2n) is 11.1. The molecule has 0 aliphatic carbocycles. The van der Waals surface area contributed by atoms with E-state index in [0.29, 0.717) is 22.2 Å². The fourth-order valence-corrected chi connectivity index (χ4v) is 6.08. The number of likely N-dealkylation sites (tertiary alicyclic amines) is 1. The van der Waals surface area contributed by atoms with Crippen LogP contribution >= 0.6 is 0 Å². The minimum atomic E-state index is -1.32. The summed E-state index contributed by atoms with van der Waals surface area (Å²) in [7, 11) is 0. The summed E-state index contributed by atoms with van der Waals surface area (Å²) in [5, 5.41) is 6.88. The van der Waals surface area contributed by atoms with Crippen molar-refractivity contribution in [1.29, 1.82) is 0 Å². The van der Waals surface area contributed by atoms with Crippen molar-refractivity contribution in [1.82, 2.24) is 35.6 Å². The lowest BCUT2D eigenvalue weighted by atomic mass is 9.91. The van der Waals surface area contributed by atoms with Crippen LogP contribution in [0.3, 0.4) is 0 Å². The summed E-state index contributed by atoms with van der Waals surface area (Å²) in [6.45, 7) is 3.17. The van der Waals surface area contributed by atoms with Crippen molar-refractivity contribution in [2.24, 2.45) is 0 Å². The Hall–Kier alpha value is -4.68. The number of rotatable bonds is 8. The Balaban J connectivity index is 1.20. The van der Waals surface area contributed by atoms with E-state index < -0.39 is 30.2 Å². The van der Waals surface area contributed by atoms with E-state index in [1.54, 1.807) is 23.2 Å². The molecule has 4 N–H and O–H groups in total. The summed E-state index contributed by atoms with van der Waals surface area (Å²) in [4.78, 5) is 48.9. The summed E-state index contributed by atoms with van der Waals surface area (Å²) >= 11 is 0. The van der Waals surface area contributed by atoms with Crippen molar-refractivity contribution < 1.29 is 18.8 Å². The van der Waals surface area contributed by atoms with Crippen molar-refractivity contribution in [3.8, 4) is 0 Å². The summed E-state index contributed by atoms with van der Waals surface area (Å²) in [6, 6.07) is 14.4. The largest absolute Gasteiger partial charge is 0.353 e. The fourth-order valence-electron chi connectivity index (χ4n) is 6.08. The number of hydrazine groups is 1. The van der Waals surface area contributed by atoms with Crippen LogP contribution in [0.5, 0.6) is 0 Å². The van der Waals surface area contributed by atoms with Crippen molar-refractivity contribution in [3.63, 3.8) is 0 Å². The molecule has 2 amide bonds. The molecule has 3 unspecified atom stereocenters. The molecule has 2 aromatic heterocycles. The monoisotopic (exact) mass is 584 g/mol. The lowest BCUT2D eigenvalue weighted by Gasteiger charge is -2.27. The standard InChI is InChI=1S/C31H33FN8O3/c1-18-29(20-6-4-3-5-7-20)30(38-37-18)36-31(43)27-10-21(32)14-40(27)28(42)16-39-15-25(19(2)41)24-11-22(8-9-26(24)39)35-23-12-33-17-34-13-23/h3-9,11-13,15,17-18,21,27,29-30,35,37-38H,10,14,16H2,1-2H3,(H,36,43)/t18?,21-,27+,29?,30?/m1/s1. The van der Waals surface area contributed by atoms with Gasteiger partial charge in [0.1, 0.15) is 31.3 Å². The number of carbonyl (C=O) groups is 3. The van der Waals surface area contributed by atoms with Gasteiger partial charge in [0, 0.05) is 46.7 Å². The van der Waals surface area contributed by atoms with Crippen LogP contribution in [0.25, 0.3) is 10.9 Å². The third kappa shape index (κ3) is 5.84. The number of amides is 2. The minimum Gasteiger partial charge on any atom is -0.353 e. The predicted molar refractivity (Wildman–Crippen MR) is 159 cm³/mol. The third-order valence-corrected chi connectivity index (χ3v) is 8.13. The fraction of sp³-hybridized carbons (Fsp3) is 0.323. The van der Waals surface area contributed by atoms with E-state index in [1.807, 2.05) is 55.5 Å². The predicted octanol–water partition coefficient (Wildman–Crippen LogP) is 3.04. The molecule has 2 aliphatic heterocycles. The van der Waals surface area contributed by atoms with Crippen molar-refractivity contribution >= 4 is 39.9 Å². The molecule has 2 fully saturated rings. The number of hydrogen-bond acceptors (Lipinski definition) is 8. The number of Topliss-reactive ketones (excluding diaryl/α,β-unsaturated/α-hetero) is 1. The molecule has 11 nitrogen and oxygen atoms in total. The molecule has 0 bridgehead atoms. The van der Waals surface area contributed by atoms with Gasteiger partial charge in [0.15, 0.2) is 5.78 Å². The number of fused-ring (bicyclic) bond motifs is 1. The van der Waals surface area contributed by atoms with Gasteiger partial charge >= 0.3 is 0 Å². The quantitative estimate of drug-likeness (QED) is 0.232. The van der Waals surface area contributed by atoms with Crippen LogP contribution in [0.1, 0.15) is 42.1 Å². The van der Waals surface area contributed by atoms with E-state index >= 15 is 0 Å². The number of hydrogen-bond donors (Lipinski definition) is 4. The Kier molecular flexibility index (Phi) is 7.87. The van der Waals surface area contributed by atoms with Gasteiger partial charge in [0.25, 0.3) is 0 Å². The van der Waals surface area contributed by atoms with Crippen molar-refractivity contribution in [3.05, 3.63) is 84.6 Å². The number of aromatic nitrogens is 3. The summed E-state index contributed by atoms with van der Waals surface area (Å²) in [5.41, 5.74) is 9.90. The molecule has 43 heavy (non-hydrogen) atoms. The van der Waals surface area contributed by atoms with Crippen LogP contribution in [0, 0.1) is 0 Å². The highest BCUT2D eigenvalue weighted by atomic mass is 19.1.